The van der Waals surface area contributed by atoms with E-state index in [-0.39, 0.29) is 0 Å². The van der Waals surface area contributed by atoms with Crippen LogP contribution in [-0.4, -0.2) is 31.1 Å². The van der Waals surface area contributed by atoms with Crippen LogP contribution in [0.25, 0.3) is 0 Å². The lowest BCUT2D eigenvalue weighted by Gasteiger charge is -2.16. The van der Waals surface area contributed by atoms with Crippen molar-refractivity contribution < 1.29 is 4.74 Å². The molecule has 0 amide bonds. The summed E-state index contributed by atoms with van der Waals surface area (Å²) in [5.74, 6) is 1.08. The molecule has 0 radical (unpaired) electrons. The third-order valence-corrected chi connectivity index (χ3v) is 3.47. The smallest absolute Gasteiger partial charge is 0.122 e. The highest BCUT2D eigenvalue weighted by atomic mass is 16.5. The minimum Gasteiger partial charge on any atom is -0.492 e. The summed E-state index contributed by atoms with van der Waals surface area (Å²) in [5.41, 5.74) is 2.59. The molecular weight excluding hydrogens is 210 g/mol. The second-order valence-electron chi connectivity index (χ2n) is 4.86. The molecule has 1 aromatic carbocycles. The summed E-state index contributed by atoms with van der Waals surface area (Å²) in [6.45, 7) is 8.67. The van der Waals surface area contributed by atoms with Crippen LogP contribution < -0.4 is 4.74 Å². The molecule has 2 nitrogen and oxygen atoms in total. The van der Waals surface area contributed by atoms with Crippen LogP contribution in [-0.2, 0) is 6.42 Å². The van der Waals surface area contributed by atoms with E-state index in [1.807, 2.05) is 0 Å². The topological polar surface area (TPSA) is 12.5 Å². The third kappa shape index (κ3) is 3.47. The maximum Gasteiger partial charge on any atom is 0.122 e. The molecule has 0 spiro atoms. The largest absolute Gasteiger partial charge is 0.492 e. The lowest BCUT2D eigenvalue weighted by molar-refractivity contribution is 0.236. The van der Waals surface area contributed by atoms with Gasteiger partial charge in [-0.05, 0) is 56.5 Å². The van der Waals surface area contributed by atoms with Gasteiger partial charge >= 0.3 is 0 Å². The van der Waals surface area contributed by atoms with Crippen molar-refractivity contribution in [1.82, 2.24) is 4.90 Å². The number of rotatable bonds is 5. The fraction of sp³-hybridized carbons (Fsp3) is 0.600. The number of benzene rings is 1. The fourth-order valence-corrected chi connectivity index (χ4v) is 2.38. The van der Waals surface area contributed by atoms with Gasteiger partial charge in [0, 0.05) is 6.54 Å². The average molecular weight is 233 g/mol. The summed E-state index contributed by atoms with van der Waals surface area (Å²) in [5, 5.41) is 0. The Kier molecular flexibility index (Phi) is 4.43. The Morgan fingerprint density at radius 3 is 2.71 bits per heavy atom. The van der Waals surface area contributed by atoms with Crippen LogP contribution in [0.1, 0.15) is 30.9 Å². The standard InChI is InChI=1S/C15H23NO/c1-3-14-7-6-13(2)12-15(14)17-11-10-16-8-4-5-9-16/h6-7,12H,3-5,8-11H2,1-2H3. The summed E-state index contributed by atoms with van der Waals surface area (Å²) in [4.78, 5) is 2.49. The molecule has 1 fully saturated rings. The van der Waals surface area contributed by atoms with E-state index in [9.17, 15) is 0 Å². The van der Waals surface area contributed by atoms with Gasteiger partial charge in [0.2, 0.25) is 0 Å². The molecular formula is C15H23NO. The van der Waals surface area contributed by atoms with E-state index < -0.39 is 0 Å². The molecule has 0 unspecified atom stereocenters. The maximum atomic E-state index is 5.93. The molecule has 0 aliphatic carbocycles. The van der Waals surface area contributed by atoms with Gasteiger partial charge in [-0.15, -0.1) is 0 Å². The number of hydrogen-bond acceptors (Lipinski definition) is 2. The van der Waals surface area contributed by atoms with Crippen molar-refractivity contribution in [3.63, 3.8) is 0 Å². The van der Waals surface area contributed by atoms with Crippen molar-refractivity contribution in [1.29, 1.82) is 0 Å². The predicted molar refractivity (Wildman–Crippen MR) is 71.7 cm³/mol. The van der Waals surface area contributed by atoms with Crippen LogP contribution in [0.5, 0.6) is 5.75 Å². The van der Waals surface area contributed by atoms with Crippen LogP contribution in [0.3, 0.4) is 0 Å². The highest BCUT2D eigenvalue weighted by molar-refractivity contribution is 5.37. The van der Waals surface area contributed by atoms with Gasteiger partial charge in [-0.2, -0.15) is 0 Å². The maximum absolute atomic E-state index is 5.93. The van der Waals surface area contributed by atoms with Gasteiger partial charge in [-0.1, -0.05) is 19.1 Å². The highest BCUT2D eigenvalue weighted by Gasteiger charge is 2.11. The first-order valence-electron chi connectivity index (χ1n) is 6.74. The Morgan fingerprint density at radius 1 is 1.24 bits per heavy atom. The minimum absolute atomic E-state index is 0.816. The lowest BCUT2D eigenvalue weighted by Crippen LogP contribution is -2.25. The molecule has 0 aromatic heterocycles. The lowest BCUT2D eigenvalue weighted by atomic mass is 10.1. The normalized spacial score (nSPS) is 16.4. The van der Waals surface area contributed by atoms with E-state index >= 15 is 0 Å². The van der Waals surface area contributed by atoms with Gasteiger partial charge in [-0.25, -0.2) is 0 Å². The van der Waals surface area contributed by atoms with Gasteiger partial charge in [0.25, 0.3) is 0 Å². The number of ether oxygens (including phenoxy) is 1. The van der Waals surface area contributed by atoms with E-state index in [1.54, 1.807) is 0 Å². The van der Waals surface area contributed by atoms with Crippen molar-refractivity contribution in [2.75, 3.05) is 26.2 Å². The molecule has 2 rings (SSSR count). The molecule has 0 saturated carbocycles. The Morgan fingerprint density at radius 2 is 2.00 bits per heavy atom. The van der Waals surface area contributed by atoms with Gasteiger partial charge < -0.3 is 4.74 Å². The van der Waals surface area contributed by atoms with Crippen LogP contribution >= 0.6 is 0 Å². The predicted octanol–water partition coefficient (Wildman–Crippen LogP) is 3.03. The second-order valence-corrected chi connectivity index (χ2v) is 4.86. The summed E-state index contributed by atoms with van der Waals surface area (Å²) in [7, 11) is 0. The van der Waals surface area contributed by atoms with Gasteiger partial charge in [0.05, 0.1) is 0 Å². The summed E-state index contributed by atoms with van der Waals surface area (Å²) < 4.78 is 5.93. The highest BCUT2D eigenvalue weighted by Crippen LogP contribution is 2.20. The first-order valence-corrected chi connectivity index (χ1v) is 6.74. The van der Waals surface area contributed by atoms with Crippen LogP contribution in [0, 0.1) is 6.92 Å². The van der Waals surface area contributed by atoms with Crippen molar-refractivity contribution in [2.45, 2.75) is 33.1 Å². The Labute approximate surface area is 105 Å². The summed E-state index contributed by atoms with van der Waals surface area (Å²) in [6, 6.07) is 6.50. The van der Waals surface area contributed by atoms with Crippen molar-refractivity contribution >= 4 is 0 Å². The average Bonchev–Trinajstić information content (AvgIpc) is 2.82. The summed E-state index contributed by atoms with van der Waals surface area (Å²) >= 11 is 0. The van der Waals surface area contributed by atoms with Crippen LogP contribution in [0.4, 0.5) is 0 Å². The first kappa shape index (κ1) is 12.4. The fourth-order valence-electron chi connectivity index (χ4n) is 2.38. The van der Waals surface area contributed by atoms with Crippen LogP contribution in [0.2, 0.25) is 0 Å². The molecule has 0 bridgehead atoms. The molecule has 0 N–H and O–H groups in total. The summed E-state index contributed by atoms with van der Waals surface area (Å²) in [6.07, 6.45) is 3.74. The van der Waals surface area contributed by atoms with E-state index in [1.165, 1.54) is 37.1 Å². The molecule has 94 valence electrons. The zero-order valence-corrected chi connectivity index (χ0v) is 11.0. The third-order valence-electron chi connectivity index (χ3n) is 3.47. The first-order chi connectivity index (χ1) is 8.29. The zero-order valence-electron chi connectivity index (χ0n) is 11.0. The second kappa shape index (κ2) is 6.06. The molecule has 1 aromatic rings. The molecule has 1 saturated heterocycles. The molecule has 2 heteroatoms. The zero-order chi connectivity index (χ0) is 12.1. The molecule has 1 aliphatic heterocycles. The van der Waals surface area contributed by atoms with E-state index in [0.717, 1.165) is 25.3 Å². The molecule has 0 atom stereocenters. The van der Waals surface area contributed by atoms with E-state index in [0.29, 0.717) is 0 Å². The molecule has 17 heavy (non-hydrogen) atoms. The monoisotopic (exact) mass is 233 g/mol. The number of likely N-dealkylation sites (tertiary alicyclic amines) is 1. The van der Waals surface area contributed by atoms with E-state index in [4.69, 9.17) is 4.74 Å². The SMILES string of the molecule is CCc1ccc(C)cc1OCCN1CCCC1. The number of aryl methyl sites for hydroxylation is 2. The van der Waals surface area contributed by atoms with Crippen molar-refractivity contribution in [2.24, 2.45) is 0 Å². The molecule has 1 aliphatic rings. The van der Waals surface area contributed by atoms with Crippen LogP contribution in [0.15, 0.2) is 18.2 Å². The Balaban J connectivity index is 1.86. The Bertz CT molecular complexity index is 356. The Hall–Kier alpha value is -1.02. The number of hydrogen-bond donors (Lipinski definition) is 0. The van der Waals surface area contributed by atoms with E-state index in [2.05, 4.69) is 36.9 Å². The van der Waals surface area contributed by atoms with Gasteiger partial charge in [-0.3, -0.25) is 4.90 Å². The van der Waals surface area contributed by atoms with Crippen molar-refractivity contribution in [3.8, 4) is 5.75 Å². The molecule has 1 heterocycles. The van der Waals surface area contributed by atoms with Gasteiger partial charge in [0.1, 0.15) is 12.4 Å². The number of nitrogens with zero attached hydrogens (tertiary/aromatic N) is 1. The minimum atomic E-state index is 0.816. The quantitative estimate of drug-likeness (QED) is 0.775. The van der Waals surface area contributed by atoms with Gasteiger partial charge in [0.15, 0.2) is 0 Å². The van der Waals surface area contributed by atoms with Crippen molar-refractivity contribution in [3.05, 3.63) is 29.3 Å².